The molecule has 3 heterocycles. The fourth-order valence-electron chi connectivity index (χ4n) is 5.00. The summed E-state index contributed by atoms with van der Waals surface area (Å²) in [6.07, 6.45) is 4.98. The van der Waals surface area contributed by atoms with E-state index in [-0.39, 0.29) is 38.0 Å². The molecule has 0 saturated carbocycles. The van der Waals surface area contributed by atoms with Crippen LogP contribution < -0.4 is 15.0 Å². The number of benzene rings is 2. The standard InChI is InChI=1S/C28H31N3O6S2/c1-16(39-38-3)4-5-26(34)30(2)6-7-31-27-21-10-24-25(37-15-36-24)11-23(21)29-12-22(27)19-8-17(13-32)18(14-33)9-20(19)28(31)35/h8-12,16,32-33H,4-7,13-15H2,1-3H3/t16-/m0/s1. The van der Waals surface area contributed by atoms with Gasteiger partial charge in [-0.05, 0) is 47.4 Å². The van der Waals surface area contributed by atoms with E-state index in [9.17, 15) is 19.8 Å². The maximum Gasteiger partial charge on any atom is 0.259 e. The second-order valence-corrected chi connectivity index (χ2v) is 12.5. The molecule has 206 valence electrons. The molecule has 5 rings (SSSR count). The Hall–Kier alpha value is -2.99. The molecule has 9 nitrogen and oxygen atoms in total. The van der Waals surface area contributed by atoms with Gasteiger partial charge in [0.2, 0.25) is 12.7 Å². The highest BCUT2D eigenvalue weighted by Gasteiger charge is 2.21. The normalized spacial score (nSPS) is 13.5. The lowest BCUT2D eigenvalue weighted by Gasteiger charge is -2.21. The van der Waals surface area contributed by atoms with Crippen LogP contribution >= 0.6 is 21.6 Å². The molecule has 0 bridgehead atoms. The third kappa shape index (κ3) is 5.28. The number of aliphatic hydroxyl groups is 2. The summed E-state index contributed by atoms with van der Waals surface area (Å²) >= 11 is 0. The van der Waals surface area contributed by atoms with Crippen LogP contribution in [0, 0.1) is 0 Å². The van der Waals surface area contributed by atoms with Crippen molar-refractivity contribution >= 4 is 60.1 Å². The van der Waals surface area contributed by atoms with Crippen molar-refractivity contribution in [2.75, 3.05) is 26.6 Å². The Labute approximate surface area is 233 Å². The van der Waals surface area contributed by atoms with E-state index in [4.69, 9.17) is 9.47 Å². The number of nitrogens with zero attached hydrogens (tertiary/aromatic N) is 3. The molecule has 1 aliphatic heterocycles. The zero-order chi connectivity index (χ0) is 27.7. The summed E-state index contributed by atoms with van der Waals surface area (Å²) in [7, 11) is 5.21. The lowest BCUT2D eigenvalue weighted by Crippen LogP contribution is -2.33. The number of carbonyl (C=O) groups is 1. The molecule has 0 saturated heterocycles. The van der Waals surface area contributed by atoms with Gasteiger partial charge in [0.25, 0.3) is 5.56 Å². The summed E-state index contributed by atoms with van der Waals surface area (Å²) < 4.78 is 12.8. The molecule has 1 atom stereocenters. The number of aliphatic hydroxyl groups excluding tert-OH is 2. The van der Waals surface area contributed by atoms with Crippen molar-refractivity contribution in [1.82, 2.24) is 14.5 Å². The monoisotopic (exact) mass is 569 g/mol. The molecule has 0 spiro atoms. The van der Waals surface area contributed by atoms with Crippen molar-refractivity contribution in [2.45, 2.75) is 44.8 Å². The van der Waals surface area contributed by atoms with Gasteiger partial charge in [-0.3, -0.25) is 14.6 Å². The number of rotatable bonds is 10. The molecule has 4 aromatic rings. The van der Waals surface area contributed by atoms with Gasteiger partial charge in [-0.25, -0.2) is 0 Å². The summed E-state index contributed by atoms with van der Waals surface area (Å²) in [5, 5.41) is 22.7. The van der Waals surface area contributed by atoms with Gasteiger partial charge in [0.05, 0.1) is 24.2 Å². The number of fused-ring (bicyclic) bond motifs is 6. The Bertz CT molecular complexity index is 1620. The quantitative estimate of drug-likeness (QED) is 0.216. The number of carbonyl (C=O) groups excluding carboxylic acids is 1. The lowest BCUT2D eigenvalue weighted by atomic mass is 9.98. The lowest BCUT2D eigenvalue weighted by molar-refractivity contribution is -0.130. The van der Waals surface area contributed by atoms with Gasteiger partial charge in [0.15, 0.2) is 11.5 Å². The number of ether oxygens (including phenoxy) is 2. The van der Waals surface area contributed by atoms with E-state index in [1.807, 2.05) is 12.3 Å². The van der Waals surface area contributed by atoms with Gasteiger partial charge in [0, 0.05) is 60.2 Å². The molecular weight excluding hydrogens is 538 g/mol. The van der Waals surface area contributed by atoms with Crippen LogP contribution in [0.3, 0.4) is 0 Å². The Morgan fingerprint density at radius 2 is 1.77 bits per heavy atom. The van der Waals surface area contributed by atoms with Crippen molar-refractivity contribution in [3.63, 3.8) is 0 Å². The van der Waals surface area contributed by atoms with Crippen molar-refractivity contribution in [3.05, 3.63) is 51.9 Å². The molecule has 0 unspecified atom stereocenters. The minimum absolute atomic E-state index is 0.0340. The summed E-state index contributed by atoms with van der Waals surface area (Å²) in [4.78, 5) is 33.2. The first kappa shape index (κ1) is 27.6. The smallest absolute Gasteiger partial charge is 0.259 e. The van der Waals surface area contributed by atoms with Crippen molar-refractivity contribution in [2.24, 2.45) is 0 Å². The Morgan fingerprint density at radius 3 is 2.46 bits per heavy atom. The second-order valence-electron chi connectivity index (χ2n) is 9.61. The third-order valence-corrected chi connectivity index (χ3v) is 9.48. The van der Waals surface area contributed by atoms with E-state index in [1.165, 1.54) is 0 Å². The van der Waals surface area contributed by atoms with Crippen LogP contribution in [0.2, 0.25) is 0 Å². The summed E-state index contributed by atoms with van der Waals surface area (Å²) in [6.45, 7) is 2.28. The van der Waals surface area contributed by atoms with Gasteiger partial charge in [-0.15, -0.1) is 0 Å². The van der Waals surface area contributed by atoms with E-state index < -0.39 is 0 Å². The first-order chi connectivity index (χ1) is 18.9. The maximum absolute atomic E-state index is 14.0. The predicted molar refractivity (Wildman–Crippen MR) is 156 cm³/mol. The van der Waals surface area contributed by atoms with Crippen molar-refractivity contribution in [1.29, 1.82) is 0 Å². The molecule has 1 aliphatic rings. The molecule has 2 N–H and O–H groups in total. The van der Waals surface area contributed by atoms with Crippen LogP contribution in [0.4, 0.5) is 0 Å². The molecule has 2 aromatic carbocycles. The van der Waals surface area contributed by atoms with Gasteiger partial charge in [-0.1, -0.05) is 28.5 Å². The average molecular weight is 570 g/mol. The predicted octanol–water partition coefficient (Wildman–Crippen LogP) is 4.05. The zero-order valence-corrected chi connectivity index (χ0v) is 23.7. The largest absolute Gasteiger partial charge is 0.454 e. The van der Waals surface area contributed by atoms with Gasteiger partial charge in [0.1, 0.15) is 0 Å². The Kier molecular flexibility index (Phi) is 8.22. The van der Waals surface area contributed by atoms with E-state index >= 15 is 0 Å². The van der Waals surface area contributed by atoms with E-state index in [1.54, 1.807) is 62.5 Å². The summed E-state index contributed by atoms with van der Waals surface area (Å²) in [5.74, 6) is 1.21. The van der Waals surface area contributed by atoms with E-state index in [0.717, 1.165) is 17.2 Å². The van der Waals surface area contributed by atoms with Crippen LogP contribution in [0.1, 0.15) is 30.9 Å². The van der Waals surface area contributed by atoms with Gasteiger partial charge in [-0.2, -0.15) is 0 Å². The fraction of sp³-hybridized carbons (Fsp3) is 0.393. The zero-order valence-electron chi connectivity index (χ0n) is 22.1. The maximum atomic E-state index is 14.0. The molecule has 11 heteroatoms. The van der Waals surface area contributed by atoms with Gasteiger partial charge < -0.3 is 29.2 Å². The number of hydrogen-bond donors (Lipinski definition) is 2. The van der Waals surface area contributed by atoms with Gasteiger partial charge >= 0.3 is 0 Å². The SMILES string of the molecule is CSS[C@@H](C)CCC(=O)N(C)CCn1c(=O)c2cc(CO)c(CO)cc2c2cnc3cc4c(cc3c21)OCO4. The van der Waals surface area contributed by atoms with E-state index in [2.05, 4.69) is 11.9 Å². The summed E-state index contributed by atoms with van der Waals surface area (Å²) in [5.41, 5.74) is 2.12. The summed E-state index contributed by atoms with van der Waals surface area (Å²) in [6, 6.07) is 7.03. The van der Waals surface area contributed by atoms with Crippen molar-refractivity contribution in [3.8, 4) is 11.5 Å². The number of aromatic nitrogens is 2. The molecule has 0 fully saturated rings. The Balaban J connectivity index is 1.63. The van der Waals surface area contributed by atoms with Crippen molar-refractivity contribution < 1.29 is 24.5 Å². The first-order valence-electron chi connectivity index (χ1n) is 12.7. The van der Waals surface area contributed by atoms with Crippen LogP contribution in [-0.2, 0) is 24.6 Å². The Morgan fingerprint density at radius 1 is 1.08 bits per heavy atom. The molecule has 2 aromatic heterocycles. The molecule has 1 amide bonds. The second kappa shape index (κ2) is 11.6. The van der Waals surface area contributed by atoms with Crippen LogP contribution in [-0.4, -0.2) is 62.5 Å². The number of pyridine rings is 2. The minimum atomic E-state index is -0.298. The van der Waals surface area contributed by atoms with Crippen LogP contribution in [0.25, 0.3) is 32.6 Å². The number of likely N-dealkylation sites (N-methyl/N-ethyl adjacent to an activating group) is 1. The first-order valence-corrected chi connectivity index (χ1v) is 15.3. The highest BCUT2D eigenvalue weighted by molar-refractivity contribution is 8.76. The van der Waals surface area contributed by atoms with Crippen LogP contribution in [0.5, 0.6) is 11.5 Å². The molecule has 0 radical (unpaired) electrons. The molecule has 0 aliphatic carbocycles. The average Bonchev–Trinajstić information content (AvgIpc) is 3.41. The minimum Gasteiger partial charge on any atom is -0.454 e. The third-order valence-electron chi connectivity index (χ3n) is 7.16. The topological polar surface area (TPSA) is 114 Å². The number of hydrogen-bond acceptors (Lipinski definition) is 9. The highest BCUT2D eigenvalue weighted by atomic mass is 33.1. The number of amides is 1. The van der Waals surface area contributed by atoms with Crippen LogP contribution in [0.15, 0.2) is 35.3 Å². The molecule has 39 heavy (non-hydrogen) atoms. The van der Waals surface area contributed by atoms with E-state index in [0.29, 0.717) is 62.6 Å². The fourth-order valence-corrected chi connectivity index (χ4v) is 6.82. The highest BCUT2D eigenvalue weighted by Crippen LogP contribution is 2.39. The molecular formula is C28H31N3O6S2.